The van der Waals surface area contributed by atoms with E-state index in [4.69, 9.17) is 5.11 Å². The van der Waals surface area contributed by atoms with E-state index in [0.29, 0.717) is 0 Å². The Labute approximate surface area is 86.8 Å². The van der Waals surface area contributed by atoms with E-state index in [1.165, 1.54) is 22.3 Å². The van der Waals surface area contributed by atoms with Crippen LogP contribution in [0.3, 0.4) is 0 Å². The molecule has 0 aliphatic heterocycles. The molecule has 0 unspecified atom stereocenters. The molecule has 1 N–H and O–H groups in total. The third-order valence-electron chi connectivity index (χ3n) is 2.85. The molecule has 1 aromatic rings. The van der Waals surface area contributed by atoms with Crippen molar-refractivity contribution in [2.24, 2.45) is 0 Å². The number of hydrogen-bond donors (Lipinski definition) is 1. The van der Waals surface area contributed by atoms with E-state index in [1.54, 1.807) is 0 Å². The molecular weight excluding hydrogens is 172 g/mol. The summed E-state index contributed by atoms with van der Waals surface area (Å²) >= 11 is 0. The smallest absolute Gasteiger partial charge is 0.0434 e. The zero-order valence-corrected chi connectivity index (χ0v) is 9.43. The Hall–Kier alpha value is -0.820. The maximum absolute atomic E-state index is 8.81. The Morgan fingerprint density at radius 2 is 1.93 bits per heavy atom. The molecule has 0 fully saturated rings. The lowest BCUT2D eigenvalue weighted by molar-refractivity contribution is 0.288. The lowest BCUT2D eigenvalue weighted by Gasteiger charge is -2.10. The number of aryl methyl sites for hydroxylation is 3. The molecule has 0 amide bonds. The highest BCUT2D eigenvalue weighted by Crippen LogP contribution is 2.18. The van der Waals surface area contributed by atoms with Gasteiger partial charge in [0.15, 0.2) is 0 Å². The van der Waals surface area contributed by atoms with Gasteiger partial charge in [0.05, 0.1) is 0 Å². The Kier molecular flexibility index (Phi) is 4.15. The number of hydrogen-bond acceptors (Lipinski definition) is 1. The summed E-state index contributed by atoms with van der Waals surface area (Å²) in [7, 11) is 0. The van der Waals surface area contributed by atoms with Crippen LogP contribution in [0.5, 0.6) is 0 Å². The van der Waals surface area contributed by atoms with E-state index in [9.17, 15) is 0 Å². The molecule has 0 aliphatic rings. The maximum Gasteiger partial charge on any atom is 0.0434 e. The third kappa shape index (κ3) is 2.58. The Morgan fingerprint density at radius 1 is 1.21 bits per heavy atom. The Balaban J connectivity index is 2.95. The topological polar surface area (TPSA) is 20.2 Å². The summed E-state index contributed by atoms with van der Waals surface area (Å²) in [5.74, 6) is 0. The molecule has 0 saturated carbocycles. The van der Waals surface area contributed by atoms with Gasteiger partial charge in [0.2, 0.25) is 0 Å². The fourth-order valence-corrected chi connectivity index (χ4v) is 1.75. The van der Waals surface area contributed by atoms with Crippen LogP contribution in [-0.4, -0.2) is 11.7 Å². The minimum atomic E-state index is 0.287. The van der Waals surface area contributed by atoms with Crippen LogP contribution in [-0.2, 0) is 12.8 Å². The normalized spacial score (nSPS) is 10.6. The second kappa shape index (κ2) is 5.16. The second-order valence-corrected chi connectivity index (χ2v) is 3.88. The van der Waals surface area contributed by atoms with Crippen LogP contribution in [0.2, 0.25) is 0 Å². The average Bonchev–Trinajstić information content (AvgIpc) is 2.20. The molecule has 0 atom stereocenters. The summed E-state index contributed by atoms with van der Waals surface area (Å²) in [6.45, 7) is 6.80. The summed E-state index contributed by atoms with van der Waals surface area (Å²) in [5, 5.41) is 8.81. The van der Waals surface area contributed by atoms with Gasteiger partial charge in [0, 0.05) is 6.61 Å². The highest BCUT2D eigenvalue weighted by Gasteiger charge is 2.03. The van der Waals surface area contributed by atoms with Gasteiger partial charge in [0.1, 0.15) is 0 Å². The van der Waals surface area contributed by atoms with Crippen molar-refractivity contribution in [1.82, 2.24) is 0 Å². The van der Waals surface area contributed by atoms with Crippen molar-refractivity contribution in [3.8, 4) is 0 Å². The minimum Gasteiger partial charge on any atom is -0.396 e. The zero-order valence-electron chi connectivity index (χ0n) is 9.43. The first-order chi connectivity index (χ1) is 6.69. The molecule has 1 nitrogen and oxygen atoms in total. The molecule has 14 heavy (non-hydrogen) atoms. The van der Waals surface area contributed by atoms with Crippen molar-refractivity contribution in [3.05, 3.63) is 34.4 Å². The Bertz CT molecular complexity index is 302. The lowest BCUT2D eigenvalue weighted by atomic mass is 9.96. The van der Waals surface area contributed by atoms with Gasteiger partial charge < -0.3 is 5.11 Å². The summed E-state index contributed by atoms with van der Waals surface area (Å²) in [5.41, 5.74) is 5.56. The molecular formula is C13H20O. The molecule has 0 aliphatic carbocycles. The molecule has 1 aromatic carbocycles. The van der Waals surface area contributed by atoms with Gasteiger partial charge in [-0.05, 0) is 55.4 Å². The predicted molar refractivity (Wildman–Crippen MR) is 60.7 cm³/mol. The maximum atomic E-state index is 8.81. The molecule has 0 radical (unpaired) electrons. The van der Waals surface area contributed by atoms with Crippen molar-refractivity contribution in [2.75, 3.05) is 6.61 Å². The number of aliphatic hydroxyl groups is 1. The van der Waals surface area contributed by atoms with E-state index in [-0.39, 0.29) is 6.61 Å². The summed E-state index contributed by atoms with van der Waals surface area (Å²) in [4.78, 5) is 0. The van der Waals surface area contributed by atoms with Crippen LogP contribution in [0.1, 0.15) is 35.6 Å². The van der Waals surface area contributed by atoms with Gasteiger partial charge in [-0.2, -0.15) is 0 Å². The van der Waals surface area contributed by atoms with E-state index >= 15 is 0 Å². The lowest BCUT2D eigenvalue weighted by Crippen LogP contribution is -1.97. The van der Waals surface area contributed by atoms with E-state index < -0.39 is 0 Å². The number of benzene rings is 1. The first-order valence-corrected chi connectivity index (χ1v) is 5.39. The fourth-order valence-electron chi connectivity index (χ4n) is 1.75. The average molecular weight is 192 g/mol. The van der Waals surface area contributed by atoms with Crippen LogP contribution in [0.4, 0.5) is 0 Å². The molecule has 0 heterocycles. The van der Waals surface area contributed by atoms with Crippen molar-refractivity contribution in [3.63, 3.8) is 0 Å². The number of rotatable bonds is 4. The van der Waals surface area contributed by atoms with Crippen LogP contribution in [0.15, 0.2) is 12.1 Å². The molecule has 1 heteroatoms. The van der Waals surface area contributed by atoms with Gasteiger partial charge in [-0.1, -0.05) is 19.1 Å². The molecule has 0 saturated heterocycles. The highest BCUT2D eigenvalue weighted by atomic mass is 16.2. The molecule has 1 rings (SSSR count). The van der Waals surface area contributed by atoms with Crippen molar-refractivity contribution >= 4 is 0 Å². The van der Waals surface area contributed by atoms with E-state index in [0.717, 1.165) is 19.3 Å². The number of aliphatic hydroxyl groups excluding tert-OH is 1. The molecule has 0 spiro atoms. The van der Waals surface area contributed by atoms with E-state index in [2.05, 4.69) is 32.9 Å². The van der Waals surface area contributed by atoms with Gasteiger partial charge in [0.25, 0.3) is 0 Å². The monoisotopic (exact) mass is 192 g/mol. The van der Waals surface area contributed by atoms with Crippen LogP contribution >= 0.6 is 0 Å². The predicted octanol–water partition coefficient (Wildman–Crippen LogP) is 2.79. The molecule has 0 bridgehead atoms. The van der Waals surface area contributed by atoms with Gasteiger partial charge in [-0.15, -0.1) is 0 Å². The summed E-state index contributed by atoms with van der Waals surface area (Å²) in [6, 6.07) is 4.54. The fraction of sp³-hybridized carbons (Fsp3) is 0.538. The van der Waals surface area contributed by atoms with Gasteiger partial charge in [-0.25, -0.2) is 0 Å². The first kappa shape index (κ1) is 11.3. The molecule has 0 aromatic heterocycles. The third-order valence-corrected chi connectivity index (χ3v) is 2.85. The largest absolute Gasteiger partial charge is 0.396 e. The van der Waals surface area contributed by atoms with Crippen molar-refractivity contribution < 1.29 is 5.11 Å². The SMILES string of the molecule is CCc1cc(C)c(C)c(CCCO)c1. The van der Waals surface area contributed by atoms with Crippen molar-refractivity contribution in [1.29, 1.82) is 0 Å². The zero-order chi connectivity index (χ0) is 10.6. The Morgan fingerprint density at radius 3 is 2.50 bits per heavy atom. The van der Waals surface area contributed by atoms with E-state index in [1.807, 2.05) is 0 Å². The first-order valence-electron chi connectivity index (χ1n) is 5.39. The standard InChI is InChI=1S/C13H20O/c1-4-12-8-10(2)11(3)13(9-12)6-5-7-14/h8-9,14H,4-7H2,1-3H3. The van der Waals surface area contributed by atoms with Crippen LogP contribution in [0.25, 0.3) is 0 Å². The van der Waals surface area contributed by atoms with Crippen molar-refractivity contribution in [2.45, 2.75) is 40.0 Å². The quantitative estimate of drug-likeness (QED) is 0.777. The molecule has 78 valence electrons. The second-order valence-electron chi connectivity index (χ2n) is 3.88. The summed E-state index contributed by atoms with van der Waals surface area (Å²) in [6.07, 6.45) is 2.96. The van der Waals surface area contributed by atoms with Gasteiger partial charge in [-0.3, -0.25) is 0 Å². The van der Waals surface area contributed by atoms with Crippen LogP contribution < -0.4 is 0 Å². The minimum absolute atomic E-state index is 0.287. The highest BCUT2D eigenvalue weighted by molar-refractivity contribution is 5.37. The van der Waals surface area contributed by atoms with Gasteiger partial charge >= 0.3 is 0 Å². The van der Waals surface area contributed by atoms with Crippen LogP contribution in [0, 0.1) is 13.8 Å². The summed E-state index contributed by atoms with van der Waals surface area (Å²) < 4.78 is 0.